The van der Waals surface area contributed by atoms with Crippen LogP contribution in [0.3, 0.4) is 0 Å². The van der Waals surface area contributed by atoms with Crippen molar-refractivity contribution < 1.29 is 17.9 Å². The van der Waals surface area contributed by atoms with Crippen LogP contribution >= 0.6 is 11.3 Å². The number of hydrogen-bond acceptors (Lipinski definition) is 6. The summed E-state index contributed by atoms with van der Waals surface area (Å²) in [4.78, 5) is 1.73. The molecule has 1 saturated heterocycles. The van der Waals surface area contributed by atoms with Gasteiger partial charge in [-0.1, -0.05) is 0 Å². The van der Waals surface area contributed by atoms with Crippen molar-refractivity contribution in [3.05, 3.63) is 41.3 Å². The predicted octanol–water partition coefficient (Wildman–Crippen LogP) is 3.15. The Labute approximate surface area is 169 Å². The van der Waals surface area contributed by atoms with Crippen LogP contribution < -0.4 is 9.46 Å². The summed E-state index contributed by atoms with van der Waals surface area (Å²) in [5, 5.41) is 8.73. The van der Waals surface area contributed by atoms with E-state index in [1.165, 1.54) is 11.3 Å². The molecule has 2 aliphatic rings. The van der Waals surface area contributed by atoms with Gasteiger partial charge in [0.2, 0.25) is 10.0 Å². The second kappa shape index (κ2) is 8.21. The van der Waals surface area contributed by atoms with E-state index in [0.29, 0.717) is 31.1 Å². The zero-order valence-corrected chi connectivity index (χ0v) is 17.0. The molecule has 1 N–H and O–H groups in total. The predicted molar refractivity (Wildman–Crippen MR) is 108 cm³/mol. The van der Waals surface area contributed by atoms with E-state index in [0.717, 1.165) is 29.0 Å². The van der Waals surface area contributed by atoms with Crippen molar-refractivity contribution in [3.8, 4) is 22.3 Å². The van der Waals surface area contributed by atoms with E-state index in [1.54, 1.807) is 0 Å². The first-order valence-corrected chi connectivity index (χ1v) is 11.7. The molecule has 0 radical (unpaired) electrons. The van der Waals surface area contributed by atoms with E-state index < -0.39 is 10.0 Å². The van der Waals surface area contributed by atoms with Gasteiger partial charge in [0.25, 0.3) is 0 Å². The van der Waals surface area contributed by atoms with Gasteiger partial charge in [0.1, 0.15) is 16.7 Å². The SMILES string of the molecule is N#Cc1ccc(-c2ccc(OCC3COCCC3NS(=O)(=O)C3CC3)cc2)s1. The first kappa shape index (κ1) is 19.4. The van der Waals surface area contributed by atoms with Crippen LogP contribution in [-0.2, 0) is 14.8 Å². The molecule has 2 heterocycles. The lowest BCUT2D eigenvalue weighted by Crippen LogP contribution is -2.48. The molecule has 0 amide bonds. The Balaban J connectivity index is 1.36. The Bertz CT molecular complexity index is 959. The summed E-state index contributed by atoms with van der Waals surface area (Å²) in [6, 6.07) is 13.5. The molecule has 2 fully saturated rings. The van der Waals surface area contributed by atoms with Gasteiger partial charge in [-0.2, -0.15) is 5.26 Å². The number of nitrogens with one attached hydrogen (secondary N) is 1. The molecule has 2 aromatic rings. The number of ether oxygens (including phenoxy) is 2. The van der Waals surface area contributed by atoms with E-state index in [2.05, 4.69) is 10.8 Å². The zero-order chi connectivity index (χ0) is 19.6. The third kappa shape index (κ3) is 4.55. The highest BCUT2D eigenvalue weighted by atomic mass is 32.2. The molecule has 0 bridgehead atoms. The van der Waals surface area contributed by atoms with Crippen LogP contribution in [0.15, 0.2) is 36.4 Å². The molecule has 1 aliphatic heterocycles. The van der Waals surface area contributed by atoms with E-state index in [9.17, 15) is 8.42 Å². The standard InChI is InChI=1S/C20H22N2O4S2/c21-11-17-5-8-20(27-17)14-1-3-16(4-2-14)26-13-15-12-25-10-9-19(15)22-28(23,24)18-6-7-18/h1-5,8,15,18-19,22H,6-7,9-10,12-13H2. The fourth-order valence-electron chi connectivity index (χ4n) is 3.27. The highest BCUT2D eigenvalue weighted by molar-refractivity contribution is 7.90. The minimum atomic E-state index is -3.22. The van der Waals surface area contributed by atoms with Crippen molar-refractivity contribution >= 4 is 21.4 Å². The zero-order valence-electron chi connectivity index (χ0n) is 15.3. The summed E-state index contributed by atoms with van der Waals surface area (Å²) < 4.78 is 38.9. The molecule has 6 nitrogen and oxygen atoms in total. The third-order valence-electron chi connectivity index (χ3n) is 5.07. The lowest BCUT2D eigenvalue weighted by molar-refractivity contribution is 0.0186. The van der Waals surface area contributed by atoms with Crippen molar-refractivity contribution in [2.45, 2.75) is 30.6 Å². The summed E-state index contributed by atoms with van der Waals surface area (Å²) in [6.45, 7) is 1.45. The van der Waals surface area contributed by atoms with Crippen molar-refractivity contribution in [2.24, 2.45) is 5.92 Å². The van der Waals surface area contributed by atoms with Crippen LogP contribution in [0.5, 0.6) is 5.75 Å². The lowest BCUT2D eigenvalue weighted by atomic mass is 9.98. The summed E-state index contributed by atoms with van der Waals surface area (Å²) >= 11 is 1.46. The number of nitrogens with zero attached hydrogens (tertiary/aromatic N) is 1. The number of rotatable bonds is 7. The number of thiophene rings is 1. The van der Waals surface area contributed by atoms with Gasteiger partial charge in [0.05, 0.1) is 18.5 Å². The van der Waals surface area contributed by atoms with Crippen LogP contribution in [0.25, 0.3) is 10.4 Å². The topological polar surface area (TPSA) is 88.4 Å². The molecule has 1 aliphatic carbocycles. The largest absolute Gasteiger partial charge is 0.493 e. The lowest BCUT2D eigenvalue weighted by Gasteiger charge is -2.31. The summed E-state index contributed by atoms with van der Waals surface area (Å²) in [5.41, 5.74) is 1.04. The molecule has 28 heavy (non-hydrogen) atoms. The van der Waals surface area contributed by atoms with Gasteiger partial charge in [0, 0.05) is 23.4 Å². The van der Waals surface area contributed by atoms with Crippen LogP contribution in [0.4, 0.5) is 0 Å². The molecule has 4 rings (SSSR count). The fraction of sp³-hybridized carbons (Fsp3) is 0.450. The van der Waals surface area contributed by atoms with Gasteiger partial charge in [0.15, 0.2) is 0 Å². The molecule has 1 saturated carbocycles. The average molecular weight is 419 g/mol. The molecule has 148 valence electrons. The van der Waals surface area contributed by atoms with Gasteiger partial charge in [-0.15, -0.1) is 11.3 Å². The van der Waals surface area contributed by atoms with Crippen molar-refractivity contribution in [3.63, 3.8) is 0 Å². The van der Waals surface area contributed by atoms with E-state index in [1.807, 2.05) is 36.4 Å². The second-order valence-electron chi connectivity index (χ2n) is 7.20. The Kier molecular flexibility index (Phi) is 5.69. The number of benzene rings is 1. The molecule has 1 aromatic heterocycles. The van der Waals surface area contributed by atoms with Gasteiger partial charge in [-0.25, -0.2) is 13.1 Å². The third-order valence-corrected chi connectivity index (χ3v) is 8.09. The summed E-state index contributed by atoms with van der Waals surface area (Å²) in [7, 11) is -3.22. The summed E-state index contributed by atoms with van der Waals surface area (Å²) in [5.74, 6) is 0.715. The maximum Gasteiger partial charge on any atom is 0.214 e. The number of nitriles is 1. The van der Waals surface area contributed by atoms with Gasteiger partial charge in [-0.05, 0) is 61.2 Å². The molecule has 2 atom stereocenters. The fourth-order valence-corrected chi connectivity index (χ4v) is 5.76. The van der Waals surface area contributed by atoms with Crippen molar-refractivity contribution in [2.75, 3.05) is 19.8 Å². The van der Waals surface area contributed by atoms with E-state index in [4.69, 9.17) is 14.7 Å². The molecule has 0 spiro atoms. The molecular formula is C20H22N2O4S2. The quantitative estimate of drug-likeness (QED) is 0.746. The van der Waals surface area contributed by atoms with Crippen molar-refractivity contribution in [1.82, 2.24) is 4.72 Å². The van der Waals surface area contributed by atoms with Gasteiger partial charge in [-0.3, -0.25) is 0 Å². The minimum Gasteiger partial charge on any atom is -0.493 e. The Hall–Kier alpha value is -1.92. The maximum atomic E-state index is 12.3. The summed E-state index contributed by atoms with van der Waals surface area (Å²) in [6.07, 6.45) is 2.18. The highest BCUT2D eigenvalue weighted by Gasteiger charge is 2.39. The molecule has 1 aromatic carbocycles. The van der Waals surface area contributed by atoms with Gasteiger partial charge < -0.3 is 9.47 Å². The Morgan fingerprint density at radius 2 is 1.96 bits per heavy atom. The first-order valence-electron chi connectivity index (χ1n) is 9.37. The second-order valence-corrected chi connectivity index (χ2v) is 10.3. The van der Waals surface area contributed by atoms with Gasteiger partial charge >= 0.3 is 0 Å². The number of sulfonamides is 1. The van der Waals surface area contributed by atoms with Crippen LogP contribution in [0.1, 0.15) is 24.1 Å². The van der Waals surface area contributed by atoms with Crippen LogP contribution in [0.2, 0.25) is 0 Å². The minimum absolute atomic E-state index is 0.0163. The van der Waals surface area contributed by atoms with Crippen LogP contribution in [-0.4, -0.2) is 39.5 Å². The molecule has 8 heteroatoms. The maximum absolute atomic E-state index is 12.3. The van der Waals surface area contributed by atoms with Crippen molar-refractivity contribution in [1.29, 1.82) is 5.26 Å². The normalized spacial score (nSPS) is 22.5. The van der Waals surface area contributed by atoms with E-state index >= 15 is 0 Å². The highest BCUT2D eigenvalue weighted by Crippen LogP contribution is 2.30. The van der Waals surface area contributed by atoms with E-state index in [-0.39, 0.29) is 17.2 Å². The molecule has 2 unspecified atom stereocenters. The first-order chi connectivity index (χ1) is 13.5. The Morgan fingerprint density at radius 3 is 2.64 bits per heavy atom. The number of hydrogen-bond donors (Lipinski definition) is 1. The average Bonchev–Trinajstić information content (AvgIpc) is 3.47. The Morgan fingerprint density at radius 1 is 1.18 bits per heavy atom. The molecular weight excluding hydrogens is 396 g/mol. The van der Waals surface area contributed by atoms with Crippen LogP contribution in [0, 0.1) is 17.2 Å². The smallest absolute Gasteiger partial charge is 0.214 e. The monoisotopic (exact) mass is 418 g/mol.